The van der Waals surface area contributed by atoms with Crippen molar-refractivity contribution >= 4 is 11.7 Å². The normalized spacial score (nSPS) is 12.0. The SMILES string of the molecule is CC(CN(Cc1cccc(F)c1)c1ccc(F)cc1)C(=O)O. The fourth-order valence-electron chi connectivity index (χ4n) is 2.18. The van der Waals surface area contributed by atoms with E-state index >= 15 is 0 Å². The zero-order valence-corrected chi connectivity index (χ0v) is 12.2. The van der Waals surface area contributed by atoms with E-state index in [1.165, 1.54) is 24.3 Å². The third-order valence-electron chi connectivity index (χ3n) is 3.37. The molecule has 0 aliphatic carbocycles. The topological polar surface area (TPSA) is 40.5 Å². The van der Waals surface area contributed by atoms with E-state index in [1.807, 2.05) is 0 Å². The zero-order chi connectivity index (χ0) is 16.1. The Balaban J connectivity index is 2.24. The van der Waals surface area contributed by atoms with Crippen molar-refractivity contribution in [3.63, 3.8) is 0 Å². The number of anilines is 1. The molecule has 0 saturated heterocycles. The lowest BCUT2D eigenvalue weighted by Crippen LogP contribution is -2.31. The Hall–Kier alpha value is -2.43. The summed E-state index contributed by atoms with van der Waals surface area (Å²) in [5.41, 5.74) is 1.42. The predicted octanol–water partition coefficient (Wildman–Crippen LogP) is 3.69. The Bertz CT molecular complexity index is 643. The molecule has 2 aromatic rings. The van der Waals surface area contributed by atoms with Crippen LogP contribution in [0.1, 0.15) is 12.5 Å². The van der Waals surface area contributed by atoms with E-state index in [2.05, 4.69) is 0 Å². The van der Waals surface area contributed by atoms with Crippen molar-refractivity contribution in [1.82, 2.24) is 0 Å². The third kappa shape index (κ3) is 4.28. The van der Waals surface area contributed by atoms with Gasteiger partial charge in [0.1, 0.15) is 11.6 Å². The number of carboxylic acids is 1. The van der Waals surface area contributed by atoms with Gasteiger partial charge in [-0.2, -0.15) is 0 Å². The smallest absolute Gasteiger partial charge is 0.308 e. The van der Waals surface area contributed by atoms with Crippen LogP contribution in [0.5, 0.6) is 0 Å². The maximum atomic E-state index is 13.3. The van der Waals surface area contributed by atoms with Crippen LogP contribution in [0, 0.1) is 17.6 Å². The van der Waals surface area contributed by atoms with Gasteiger partial charge in [-0.15, -0.1) is 0 Å². The lowest BCUT2D eigenvalue weighted by atomic mass is 10.1. The van der Waals surface area contributed by atoms with Crippen LogP contribution in [-0.4, -0.2) is 17.6 Å². The minimum Gasteiger partial charge on any atom is -0.481 e. The van der Waals surface area contributed by atoms with Gasteiger partial charge in [-0.25, -0.2) is 8.78 Å². The molecule has 0 heterocycles. The highest BCUT2D eigenvalue weighted by molar-refractivity contribution is 5.70. The van der Waals surface area contributed by atoms with Gasteiger partial charge in [-0.3, -0.25) is 4.79 Å². The lowest BCUT2D eigenvalue weighted by Gasteiger charge is -2.27. The molecule has 0 aliphatic rings. The van der Waals surface area contributed by atoms with Gasteiger partial charge in [0.2, 0.25) is 0 Å². The van der Waals surface area contributed by atoms with E-state index in [-0.39, 0.29) is 18.2 Å². The number of hydrogen-bond donors (Lipinski definition) is 1. The third-order valence-corrected chi connectivity index (χ3v) is 3.37. The van der Waals surface area contributed by atoms with Crippen molar-refractivity contribution in [3.05, 3.63) is 65.7 Å². The standard InChI is InChI=1S/C17H17F2NO2/c1-12(17(21)22)10-20(16-7-5-14(18)6-8-16)11-13-3-2-4-15(19)9-13/h2-9,12H,10-11H2,1H3,(H,21,22). The Kier molecular flexibility index (Phi) is 5.09. The molecule has 0 saturated carbocycles. The second-order valence-electron chi connectivity index (χ2n) is 5.23. The average Bonchev–Trinajstić information content (AvgIpc) is 2.47. The highest BCUT2D eigenvalue weighted by Gasteiger charge is 2.17. The number of aliphatic carboxylic acids is 1. The second kappa shape index (κ2) is 7.02. The first-order valence-electron chi connectivity index (χ1n) is 6.93. The van der Waals surface area contributed by atoms with E-state index in [0.29, 0.717) is 12.2 Å². The quantitative estimate of drug-likeness (QED) is 0.885. The number of benzene rings is 2. The number of hydrogen-bond acceptors (Lipinski definition) is 2. The van der Waals surface area contributed by atoms with Crippen molar-refractivity contribution in [1.29, 1.82) is 0 Å². The summed E-state index contributed by atoms with van der Waals surface area (Å²) in [6.45, 7) is 2.20. The molecule has 116 valence electrons. The molecular weight excluding hydrogens is 288 g/mol. The molecule has 1 unspecified atom stereocenters. The molecule has 0 spiro atoms. The molecule has 0 radical (unpaired) electrons. The maximum absolute atomic E-state index is 13.3. The van der Waals surface area contributed by atoms with Gasteiger partial charge in [0.25, 0.3) is 0 Å². The van der Waals surface area contributed by atoms with Gasteiger partial charge in [0.15, 0.2) is 0 Å². The Morgan fingerprint density at radius 3 is 2.41 bits per heavy atom. The number of nitrogens with zero attached hydrogens (tertiary/aromatic N) is 1. The lowest BCUT2D eigenvalue weighted by molar-refractivity contribution is -0.140. The van der Waals surface area contributed by atoms with Crippen LogP contribution in [0.3, 0.4) is 0 Å². The number of carbonyl (C=O) groups is 1. The van der Waals surface area contributed by atoms with Crippen molar-refractivity contribution in [3.8, 4) is 0 Å². The van der Waals surface area contributed by atoms with E-state index in [4.69, 9.17) is 5.11 Å². The first-order valence-corrected chi connectivity index (χ1v) is 6.93. The molecular formula is C17H17F2NO2. The number of rotatable bonds is 6. The summed E-state index contributed by atoms with van der Waals surface area (Å²) in [6, 6.07) is 11.9. The maximum Gasteiger partial charge on any atom is 0.308 e. The Labute approximate surface area is 127 Å². The summed E-state index contributed by atoms with van der Waals surface area (Å²) in [4.78, 5) is 12.9. The van der Waals surface area contributed by atoms with E-state index in [9.17, 15) is 13.6 Å². The minimum absolute atomic E-state index is 0.247. The fourth-order valence-corrected chi connectivity index (χ4v) is 2.18. The zero-order valence-electron chi connectivity index (χ0n) is 12.2. The molecule has 0 aliphatic heterocycles. The molecule has 0 fully saturated rings. The molecule has 1 N–H and O–H groups in total. The molecule has 5 heteroatoms. The van der Waals surface area contributed by atoms with Gasteiger partial charge in [0.05, 0.1) is 5.92 Å². The van der Waals surface area contributed by atoms with Gasteiger partial charge in [-0.1, -0.05) is 19.1 Å². The second-order valence-corrected chi connectivity index (χ2v) is 5.23. The first kappa shape index (κ1) is 15.9. The van der Waals surface area contributed by atoms with Crippen molar-refractivity contribution in [2.45, 2.75) is 13.5 Å². The molecule has 2 aromatic carbocycles. The van der Waals surface area contributed by atoms with Crippen LogP contribution in [-0.2, 0) is 11.3 Å². The molecule has 0 aromatic heterocycles. The van der Waals surface area contributed by atoms with Crippen LogP contribution >= 0.6 is 0 Å². The summed E-state index contributed by atoms with van der Waals surface area (Å²) in [7, 11) is 0. The molecule has 0 amide bonds. The monoisotopic (exact) mass is 305 g/mol. The summed E-state index contributed by atoms with van der Waals surface area (Å²) >= 11 is 0. The van der Waals surface area contributed by atoms with Crippen LogP contribution in [0.2, 0.25) is 0 Å². The van der Waals surface area contributed by atoms with Gasteiger partial charge in [-0.05, 0) is 42.0 Å². The highest BCUT2D eigenvalue weighted by atomic mass is 19.1. The first-order chi connectivity index (χ1) is 10.5. The molecule has 3 nitrogen and oxygen atoms in total. The predicted molar refractivity (Wildman–Crippen MR) is 80.6 cm³/mol. The molecule has 0 bridgehead atoms. The van der Waals surface area contributed by atoms with Crippen molar-refractivity contribution in [2.75, 3.05) is 11.4 Å². The fraction of sp³-hybridized carbons (Fsp3) is 0.235. The van der Waals surface area contributed by atoms with Crippen molar-refractivity contribution < 1.29 is 18.7 Å². The van der Waals surface area contributed by atoms with E-state index < -0.39 is 11.9 Å². The number of carboxylic acid groups (broad SMARTS) is 1. The summed E-state index contributed by atoms with van der Waals surface area (Å²) in [5.74, 6) is -2.21. The van der Waals surface area contributed by atoms with Crippen LogP contribution in [0.4, 0.5) is 14.5 Å². The Morgan fingerprint density at radius 1 is 1.14 bits per heavy atom. The average molecular weight is 305 g/mol. The largest absolute Gasteiger partial charge is 0.481 e. The molecule has 1 atom stereocenters. The van der Waals surface area contributed by atoms with E-state index in [0.717, 1.165) is 5.56 Å². The van der Waals surface area contributed by atoms with Gasteiger partial charge in [0, 0.05) is 18.8 Å². The minimum atomic E-state index is -0.911. The van der Waals surface area contributed by atoms with Crippen LogP contribution < -0.4 is 4.90 Å². The van der Waals surface area contributed by atoms with Crippen LogP contribution in [0.15, 0.2) is 48.5 Å². The summed E-state index contributed by atoms with van der Waals surface area (Å²) in [6.07, 6.45) is 0. The van der Waals surface area contributed by atoms with Crippen molar-refractivity contribution in [2.24, 2.45) is 5.92 Å². The number of halogens is 2. The summed E-state index contributed by atoms with van der Waals surface area (Å²) in [5, 5.41) is 9.09. The van der Waals surface area contributed by atoms with E-state index in [1.54, 1.807) is 36.1 Å². The Morgan fingerprint density at radius 2 is 1.82 bits per heavy atom. The van der Waals surface area contributed by atoms with Gasteiger partial charge >= 0.3 is 5.97 Å². The van der Waals surface area contributed by atoms with Crippen LogP contribution in [0.25, 0.3) is 0 Å². The van der Waals surface area contributed by atoms with Gasteiger partial charge < -0.3 is 10.0 Å². The molecule has 2 rings (SSSR count). The molecule has 22 heavy (non-hydrogen) atoms. The summed E-state index contributed by atoms with van der Waals surface area (Å²) < 4.78 is 26.4. The highest BCUT2D eigenvalue weighted by Crippen LogP contribution is 2.20.